The highest BCUT2D eigenvalue weighted by atomic mass is 16.3. The van der Waals surface area contributed by atoms with Gasteiger partial charge in [0.1, 0.15) is 6.10 Å². The van der Waals surface area contributed by atoms with E-state index in [2.05, 4.69) is 11.0 Å². The van der Waals surface area contributed by atoms with Crippen LogP contribution in [0.5, 0.6) is 0 Å². The maximum Gasteiger partial charge on any atom is 0.246 e. The number of hydrogen-bond donors (Lipinski definition) is 2. The number of benzene rings is 1. The van der Waals surface area contributed by atoms with Crippen molar-refractivity contribution in [3.63, 3.8) is 0 Å². The molecule has 100 valence electrons. The molecular formula is C14H17N3O2. The summed E-state index contributed by atoms with van der Waals surface area (Å²) >= 11 is 0. The smallest absolute Gasteiger partial charge is 0.246 e. The molecule has 1 saturated heterocycles. The van der Waals surface area contributed by atoms with E-state index in [1.54, 1.807) is 12.1 Å². The summed E-state index contributed by atoms with van der Waals surface area (Å²) in [4.78, 5) is 13.1. The van der Waals surface area contributed by atoms with E-state index in [-0.39, 0.29) is 5.92 Å². The summed E-state index contributed by atoms with van der Waals surface area (Å²) in [5, 5.41) is 18.4. The van der Waals surface area contributed by atoms with Crippen molar-refractivity contribution in [1.29, 1.82) is 5.26 Å². The Bertz CT molecular complexity index is 484. The van der Waals surface area contributed by atoms with Crippen molar-refractivity contribution < 1.29 is 9.90 Å². The van der Waals surface area contributed by atoms with Gasteiger partial charge in [-0.15, -0.1) is 0 Å². The SMILES string of the molecule is N#Cc1ccc(N2CCC([C@H](O)C(N)=O)CC2)cc1. The van der Waals surface area contributed by atoms with Gasteiger partial charge in [0.25, 0.3) is 0 Å². The van der Waals surface area contributed by atoms with Crippen molar-refractivity contribution in [3.8, 4) is 6.07 Å². The minimum Gasteiger partial charge on any atom is -0.383 e. The largest absolute Gasteiger partial charge is 0.383 e. The molecule has 0 bridgehead atoms. The first-order chi connectivity index (χ1) is 9.11. The number of aliphatic hydroxyl groups excluding tert-OH is 1. The normalized spacial score (nSPS) is 17.8. The Hall–Kier alpha value is -2.06. The maximum atomic E-state index is 10.9. The predicted molar refractivity (Wildman–Crippen MR) is 71.3 cm³/mol. The molecule has 1 aromatic rings. The number of piperidine rings is 1. The van der Waals surface area contributed by atoms with Crippen LogP contribution < -0.4 is 10.6 Å². The average molecular weight is 259 g/mol. The third-order valence-electron chi connectivity index (χ3n) is 3.64. The van der Waals surface area contributed by atoms with Crippen LogP contribution in [0, 0.1) is 17.2 Å². The lowest BCUT2D eigenvalue weighted by Gasteiger charge is -2.34. The molecule has 1 aliphatic rings. The number of carbonyl (C=O) groups is 1. The van der Waals surface area contributed by atoms with Crippen molar-refractivity contribution in [2.24, 2.45) is 11.7 Å². The van der Waals surface area contributed by atoms with Crippen molar-refractivity contribution in [1.82, 2.24) is 0 Å². The number of aliphatic hydroxyl groups is 1. The summed E-state index contributed by atoms with van der Waals surface area (Å²) < 4.78 is 0. The fourth-order valence-corrected chi connectivity index (χ4v) is 2.45. The van der Waals surface area contributed by atoms with Gasteiger partial charge in [-0.25, -0.2) is 0 Å². The molecule has 1 fully saturated rings. The molecule has 1 aromatic carbocycles. The van der Waals surface area contributed by atoms with Gasteiger partial charge in [0, 0.05) is 18.8 Å². The molecule has 0 aromatic heterocycles. The van der Waals surface area contributed by atoms with Gasteiger partial charge < -0.3 is 15.7 Å². The number of amides is 1. The second-order valence-electron chi connectivity index (χ2n) is 4.83. The molecule has 0 aliphatic carbocycles. The first-order valence-electron chi connectivity index (χ1n) is 6.34. The zero-order valence-corrected chi connectivity index (χ0v) is 10.6. The number of anilines is 1. The Morgan fingerprint density at radius 2 is 1.95 bits per heavy atom. The van der Waals surface area contributed by atoms with Gasteiger partial charge in [-0.1, -0.05) is 0 Å². The lowest BCUT2D eigenvalue weighted by molar-refractivity contribution is -0.129. The van der Waals surface area contributed by atoms with E-state index in [1.807, 2.05) is 12.1 Å². The summed E-state index contributed by atoms with van der Waals surface area (Å²) in [6, 6.07) is 9.51. The molecule has 5 nitrogen and oxygen atoms in total. The Morgan fingerprint density at radius 3 is 2.42 bits per heavy atom. The molecule has 0 unspecified atom stereocenters. The van der Waals surface area contributed by atoms with Crippen LogP contribution >= 0.6 is 0 Å². The molecule has 3 N–H and O–H groups in total. The van der Waals surface area contributed by atoms with Crippen LogP contribution in [0.4, 0.5) is 5.69 Å². The Kier molecular flexibility index (Phi) is 4.03. The second kappa shape index (κ2) is 5.72. The summed E-state index contributed by atoms with van der Waals surface area (Å²) in [7, 11) is 0. The molecule has 19 heavy (non-hydrogen) atoms. The van der Waals surface area contributed by atoms with Crippen LogP contribution in [0.25, 0.3) is 0 Å². The van der Waals surface area contributed by atoms with E-state index >= 15 is 0 Å². The van der Waals surface area contributed by atoms with Crippen LogP contribution in [0.2, 0.25) is 0 Å². The lowest BCUT2D eigenvalue weighted by Crippen LogP contribution is -2.42. The van der Waals surface area contributed by atoms with Gasteiger partial charge in [-0.3, -0.25) is 4.79 Å². The monoisotopic (exact) mass is 259 g/mol. The standard InChI is InChI=1S/C14H17N3O2/c15-9-10-1-3-12(4-2-10)17-7-5-11(6-8-17)13(18)14(16)19/h1-4,11,13,18H,5-8H2,(H2,16,19)/t13-/m0/s1. The van der Waals surface area contributed by atoms with E-state index in [9.17, 15) is 9.90 Å². The molecule has 5 heteroatoms. The molecule has 0 saturated carbocycles. The topological polar surface area (TPSA) is 90.3 Å². The number of nitriles is 1. The molecule has 1 heterocycles. The fourth-order valence-electron chi connectivity index (χ4n) is 2.45. The maximum absolute atomic E-state index is 10.9. The minimum atomic E-state index is -1.04. The zero-order chi connectivity index (χ0) is 13.8. The number of hydrogen-bond acceptors (Lipinski definition) is 4. The predicted octanol–water partition coefficient (Wildman–Crippen LogP) is 0.621. The second-order valence-corrected chi connectivity index (χ2v) is 4.83. The van der Waals surface area contributed by atoms with E-state index in [1.165, 1.54) is 0 Å². The summed E-state index contributed by atoms with van der Waals surface area (Å²) in [5.74, 6) is -0.691. The van der Waals surface area contributed by atoms with Gasteiger partial charge >= 0.3 is 0 Å². The highest BCUT2D eigenvalue weighted by Crippen LogP contribution is 2.25. The van der Waals surface area contributed by atoms with Gasteiger partial charge in [0.2, 0.25) is 5.91 Å². The molecule has 1 amide bonds. The van der Waals surface area contributed by atoms with Crippen LogP contribution in [-0.2, 0) is 4.79 Å². The number of carbonyl (C=O) groups excluding carboxylic acids is 1. The first kappa shape index (κ1) is 13.4. The molecule has 0 spiro atoms. The molecular weight excluding hydrogens is 242 g/mol. The summed E-state index contributed by atoms with van der Waals surface area (Å²) in [6.07, 6.45) is 0.442. The van der Waals surface area contributed by atoms with E-state index < -0.39 is 12.0 Å². The first-order valence-corrected chi connectivity index (χ1v) is 6.34. The average Bonchev–Trinajstić information content (AvgIpc) is 2.46. The quantitative estimate of drug-likeness (QED) is 0.832. The van der Waals surface area contributed by atoms with Crippen molar-refractivity contribution in [2.75, 3.05) is 18.0 Å². The van der Waals surface area contributed by atoms with Gasteiger partial charge in [-0.2, -0.15) is 5.26 Å². The van der Waals surface area contributed by atoms with Crippen LogP contribution in [0.1, 0.15) is 18.4 Å². The third kappa shape index (κ3) is 3.04. The number of nitrogens with zero attached hydrogens (tertiary/aromatic N) is 2. The highest BCUT2D eigenvalue weighted by molar-refractivity contribution is 5.78. The van der Waals surface area contributed by atoms with Gasteiger partial charge in [0.15, 0.2) is 0 Å². The third-order valence-corrected chi connectivity index (χ3v) is 3.64. The van der Waals surface area contributed by atoms with Crippen molar-refractivity contribution >= 4 is 11.6 Å². The molecule has 0 radical (unpaired) electrons. The highest BCUT2D eigenvalue weighted by Gasteiger charge is 2.28. The number of nitrogens with two attached hydrogens (primary N) is 1. The Morgan fingerprint density at radius 1 is 1.37 bits per heavy atom. The molecule has 1 aliphatic heterocycles. The van der Waals surface area contributed by atoms with Crippen LogP contribution in [0.15, 0.2) is 24.3 Å². The van der Waals surface area contributed by atoms with Crippen molar-refractivity contribution in [2.45, 2.75) is 18.9 Å². The van der Waals surface area contributed by atoms with E-state index in [0.29, 0.717) is 5.56 Å². The van der Waals surface area contributed by atoms with E-state index in [0.717, 1.165) is 31.6 Å². The van der Waals surface area contributed by atoms with Gasteiger partial charge in [-0.05, 0) is 43.0 Å². The Labute approximate surface area is 112 Å². The Balaban J connectivity index is 1.96. The van der Waals surface area contributed by atoms with Crippen LogP contribution in [0.3, 0.4) is 0 Å². The summed E-state index contributed by atoms with van der Waals surface area (Å²) in [6.45, 7) is 1.56. The van der Waals surface area contributed by atoms with Gasteiger partial charge in [0.05, 0.1) is 11.6 Å². The molecule has 1 atom stereocenters. The molecule has 2 rings (SSSR count). The number of primary amides is 1. The summed E-state index contributed by atoms with van der Waals surface area (Å²) in [5.41, 5.74) is 6.81. The number of rotatable bonds is 3. The van der Waals surface area contributed by atoms with Crippen molar-refractivity contribution in [3.05, 3.63) is 29.8 Å². The minimum absolute atomic E-state index is 0.0490. The van der Waals surface area contributed by atoms with E-state index in [4.69, 9.17) is 11.0 Å². The zero-order valence-electron chi connectivity index (χ0n) is 10.6. The van der Waals surface area contributed by atoms with Crippen LogP contribution in [-0.4, -0.2) is 30.2 Å². The lowest BCUT2D eigenvalue weighted by atomic mass is 9.90. The fraction of sp³-hybridized carbons (Fsp3) is 0.429.